The van der Waals surface area contributed by atoms with Crippen LogP contribution in [0.25, 0.3) is 0 Å². The number of amides is 2. The summed E-state index contributed by atoms with van der Waals surface area (Å²) in [4.78, 5) is 24.1. The van der Waals surface area contributed by atoms with Crippen LogP contribution in [0.3, 0.4) is 0 Å². The average Bonchev–Trinajstić information content (AvgIpc) is 2.12. The van der Waals surface area contributed by atoms with Crippen LogP contribution in [0.2, 0.25) is 0 Å². The van der Waals surface area contributed by atoms with Crippen molar-refractivity contribution in [3.63, 3.8) is 0 Å². The highest BCUT2D eigenvalue weighted by Gasteiger charge is 2.33. The maximum atomic E-state index is 11.3. The fourth-order valence-corrected chi connectivity index (χ4v) is 1.57. The van der Waals surface area contributed by atoms with Gasteiger partial charge in [-0.3, -0.25) is 9.59 Å². The van der Waals surface area contributed by atoms with Crippen LogP contribution in [0.5, 0.6) is 0 Å². The van der Waals surface area contributed by atoms with Crippen LogP contribution in [0.1, 0.15) is 6.42 Å². The largest absolute Gasteiger partial charge is 0.345 e. The van der Waals surface area contributed by atoms with E-state index in [1.165, 1.54) is 0 Å². The van der Waals surface area contributed by atoms with Crippen LogP contribution in [-0.4, -0.2) is 35.8 Å². The highest BCUT2D eigenvalue weighted by atomic mass is 16.2. The standard InChI is InChI=1S/C8H10N2O2/c11-7-5-9-8(12)6-3-1-2-4-10(6)7/h1-2,6H,3-5H2,(H,9,12)/t6-/m0/s1. The molecule has 0 aromatic heterocycles. The van der Waals surface area contributed by atoms with Gasteiger partial charge in [-0.2, -0.15) is 0 Å². The molecule has 4 nitrogen and oxygen atoms in total. The molecule has 0 saturated carbocycles. The summed E-state index contributed by atoms with van der Waals surface area (Å²) in [6.07, 6.45) is 4.52. The van der Waals surface area contributed by atoms with Crippen molar-refractivity contribution in [1.82, 2.24) is 10.2 Å². The van der Waals surface area contributed by atoms with Crippen molar-refractivity contribution in [3.05, 3.63) is 12.2 Å². The number of carbonyl (C=O) groups is 2. The normalized spacial score (nSPS) is 28.3. The molecular weight excluding hydrogens is 156 g/mol. The van der Waals surface area contributed by atoms with Gasteiger partial charge < -0.3 is 10.2 Å². The van der Waals surface area contributed by atoms with E-state index >= 15 is 0 Å². The minimum atomic E-state index is -0.253. The van der Waals surface area contributed by atoms with Gasteiger partial charge in [0.25, 0.3) is 0 Å². The van der Waals surface area contributed by atoms with Crippen molar-refractivity contribution in [2.24, 2.45) is 0 Å². The van der Waals surface area contributed by atoms with Gasteiger partial charge in [0.2, 0.25) is 11.8 Å². The Morgan fingerprint density at radius 3 is 3.00 bits per heavy atom. The average molecular weight is 166 g/mol. The lowest BCUT2D eigenvalue weighted by Crippen LogP contribution is -2.58. The van der Waals surface area contributed by atoms with Crippen LogP contribution in [0.15, 0.2) is 12.2 Å². The first-order valence-corrected chi connectivity index (χ1v) is 4.01. The Kier molecular flexibility index (Phi) is 1.60. The Balaban J connectivity index is 2.23. The zero-order chi connectivity index (χ0) is 8.55. The molecule has 0 aliphatic carbocycles. The van der Waals surface area contributed by atoms with E-state index in [0.717, 1.165) is 0 Å². The summed E-state index contributed by atoms with van der Waals surface area (Å²) in [7, 11) is 0. The minimum absolute atomic E-state index is 0.0175. The summed E-state index contributed by atoms with van der Waals surface area (Å²) in [5.41, 5.74) is 0. The number of hydrogen-bond donors (Lipinski definition) is 1. The molecule has 0 radical (unpaired) electrons. The number of piperazine rings is 1. The summed E-state index contributed by atoms with van der Waals surface area (Å²) >= 11 is 0. The summed E-state index contributed by atoms with van der Waals surface area (Å²) in [5.74, 6) is -0.0112. The zero-order valence-corrected chi connectivity index (χ0v) is 6.62. The van der Waals surface area contributed by atoms with Gasteiger partial charge in [-0.15, -0.1) is 0 Å². The quantitative estimate of drug-likeness (QED) is 0.482. The molecule has 1 N–H and O–H groups in total. The number of nitrogens with zero attached hydrogens (tertiary/aromatic N) is 1. The van der Waals surface area contributed by atoms with E-state index in [2.05, 4.69) is 5.32 Å². The highest BCUT2D eigenvalue weighted by Crippen LogP contribution is 2.14. The minimum Gasteiger partial charge on any atom is -0.345 e. The molecule has 1 saturated heterocycles. The summed E-state index contributed by atoms with van der Waals surface area (Å²) < 4.78 is 0. The molecule has 2 amide bonds. The number of nitrogens with one attached hydrogen (secondary N) is 1. The second kappa shape index (κ2) is 2.62. The second-order valence-electron chi connectivity index (χ2n) is 2.99. The smallest absolute Gasteiger partial charge is 0.243 e. The Hall–Kier alpha value is -1.32. The molecule has 0 unspecified atom stereocenters. The van der Waals surface area contributed by atoms with Crippen molar-refractivity contribution >= 4 is 11.8 Å². The van der Waals surface area contributed by atoms with Crippen molar-refractivity contribution < 1.29 is 9.59 Å². The van der Waals surface area contributed by atoms with Crippen molar-refractivity contribution in [3.8, 4) is 0 Å². The lowest BCUT2D eigenvalue weighted by molar-refractivity contribution is -0.145. The van der Waals surface area contributed by atoms with E-state index in [4.69, 9.17) is 0 Å². The van der Waals surface area contributed by atoms with Crippen LogP contribution >= 0.6 is 0 Å². The monoisotopic (exact) mass is 166 g/mol. The molecule has 12 heavy (non-hydrogen) atoms. The van der Waals surface area contributed by atoms with Gasteiger partial charge in [-0.05, 0) is 6.42 Å². The predicted molar refractivity (Wildman–Crippen MR) is 42.3 cm³/mol. The van der Waals surface area contributed by atoms with Gasteiger partial charge in [0.15, 0.2) is 0 Å². The van der Waals surface area contributed by atoms with Gasteiger partial charge in [-0.1, -0.05) is 12.2 Å². The molecule has 2 aliphatic rings. The van der Waals surface area contributed by atoms with Crippen molar-refractivity contribution in [1.29, 1.82) is 0 Å². The fraction of sp³-hybridized carbons (Fsp3) is 0.500. The summed E-state index contributed by atoms with van der Waals surface area (Å²) in [6.45, 7) is 0.736. The third-order valence-corrected chi connectivity index (χ3v) is 2.24. The Labute approximate surface area is 70.2 Å². The van der Waals surface area contributed by atoms with E-state index in [1.807, 2.05) is 12.2 Å². The first-order chi connectivity index (χ1) is 5.79. The van der Waals surface area contributed by atoms with Crippen LogP contribution in [0.4, 0.5) is 0 Å². The molecule has 2 heterocycles. The molecule has 1 fully saturated rings. The molecule has 2 aliphatic heterocycles. The van der Waals surface area contributed by atoms with E-state index < -0.39 is 0 Å². The van der Waals surface area contributed by atoms with Crippen LogP contribution in [0, 0.1) is 0 Å². The van der Waals surface area contributed by atoms with Crippen molar-refractivity contribution in [2.45, 2.75) is 12.5 Å². The predicted octanol–water partition coefficient (Wildman–Crippen LogP) is -0.727. The lowest BCUT2D eigenvalue weighted by Gasteiger charge is -2.35. The first-order valence-electron chi connectivity index (χ1n) is 4.01. The van der Waals surface area contributed by atoms with E-state index in [1.54, 1.807) is 4.90 Å². The molecule has 64 valence electrons. The lowest BCUT2D eigenvalue weighted by atomic mass is 10.1. The Bertz CT molecular complexity index is 234. The first kappa shape index (κ1) is 7.34. The Morgan fingerprint density at radius 1 is 1.42 bits per heavy atom. The third kappa shape index (κ3) is 0.995. The number of fused-ring (bicyclic) bond motifs is 1. The highest BCUT2D eigenvalue weighted by molar-refractivity contribution is 5.95. The number of carbonyl (C=O) groups excluding carboxylic acids is 2. The number of hydrogen-bond acceptors (Lipinski definition) is 2. The molecule has 2 rings (SSSR count). The maximum Gasteiger partial charge on any atom is 0.243 e. The van der Waals surface area contributed by atoms with Gasteiger partial charge >= 0.3 is 0 Å². The summed E-state index contributed by atoms with van der Waals surface area (Å²) in [5, 5.41) is 2.57. The fourth-order valence-electron chi connectivity index (χ4n) is 1.57. The topological polar surface area (TPSA) is 49.4 Å². The number of rotatable bonds is 0. The van der Waals surface area contributed by atoms with Gasteiger partial charge in [0.1, 0.15) is 6.04 Å². The molecule has 0 aromatic rings. The van der Waals surface area contributed by atoms with Gasteiger partial charge in [0, 0.05) is 6.54 Å². The SMILES string of the molecule is O=C1NCC(=O)N2CC=CC[C@@H]12. The molecule has 0 spiro atoms. The van der Waals surface area contributed by atoms with Crippen molar-refractivity contribution in [2.75, 3.05) is 13.1 Å². The van der Waals surface area contributed by atoms with Crippen LogP contribution in [-0.2, 0) is 9.59 Å². The van der Waals surface area contributed by atoms with E-state index in [9.17, 15) is 9.59 Å². The molecule has 1 atom stereocenters. The maximum absolute atomic E-state index is 11.3. The third-order valence-electron chi connectivity index (χ3n) is 2.24. The van der Waals surface area contributed by atoms with Gasteiger partial charge in [-0.25, -0.2) is 0 Å². The Morgan fingerprint density at radius 2 is 2.25 bits per heavy atom. The molecular formula is C8H10N2O2. The van der Waals surface area contributed by atoms with Gasteiger partial charge in [0.05, 0.1) is 6.54 Å². The molecule has 0 aromatic carbocycles. The molecule has 4 heteroatoms. The zero-order valence-electron chi connectivity index (χ0n) is 6.62. The second-order valence-corrected chi connectivity index (χ2v) is 2.99. The van der Waals surface area contributed by atoms with E-state index in [0.29, 0.717) is 13.0 Å². The van der Waals surface area contributed by atoms with E-state index in [-0.39, 0.29) is 24.4 Å². The molecule has 0 bridgehead atoms. The summed E-state index contributed by atoms with van der Waals surface area (Å²) in [6, 6.07) is -0.253. The van der Waals surface area contributed by atoms with Crippen LogP contribution < -0.4 is 5.32 Å².